The van der Waals surface area contributed by atoms with E-state index in [4.69, 9.17) is 11.6 Å². The third-order valence-electron chi connectivity index (χ3n) is 2.70. The van der Waals surface area contributed by atoms with Gasteiger partial charge in [0, 0.05) is 36.9 Å². The van der Waals surface area contributed by atoms with Crippen molar-refractivity contribution in [3.63, 3.8) is 0 Å². The summed E-state index contributed by atoms with van der Waals surface area (Å²) in [6, 6.07) is 7.14. The van der Waals surface area contributed by atoms with E-state index in [1.165, 1.54) is 0 Å². The van der Waals surface area contributed by atoms with Gasteiger partial charge in [-0.05, 0) is 24.3 Å². The number of carbonyl (C=O) groups excluding carboxylic acids is 1. The molecular weight excluding hydrogens is 309 g/mol. The highest BCUT2D eigenvalue weighted by atomic mass is 35.5. The van der Waals surface area contributed by atoms with Gasteiger partial charge in [0.05, 0.1) is 6.54 Å². The SMILES string of the molecule is Cl.Cl.O=C(CN1CCNCC1)Nc1ccc(Cl)cc1. The van der Waals surface area contributed by atoms with Crippen LogP contribution in [0.4, 0.5) is 5.69 Å². The zero-order valence-corrected chi connectivity index (χ0v) is 12.8. The molecule has 1 aromatic carbocycles. The van der Waals surface area contributed by atoms with Crippen molar-refractivity contribution in [3.05, 3.63) is 29.3 Å². The number of amides is 1. The molecule has 0 atom stereocenters. The molecule has 0 saturated carbocycles. The van der Waals surface area contributed by atoms with E-state index in [1.807, 2.05) is 0 Å². The fraction of sp³-hybridized carbons (Fsp3) is 0.417. The number of halogens is 3. The molecule has 0 aliphatic carbocycles. The predicted molar refractivity (Wildman–Crippen MR) is 83.9 cm³/mol. The second-order valence-corrected chi connectivity index (χ2v) is 4.52. The Bertz CT molecular complexity index is 380. The Morgan fingerprint density at radius 1 is 1.21 bits per heavy atom. The van der Waals surface area contributed by atoms with Crippen LogP contribution in [0.5, 0.6) is 0 Å². The lowest BCUT2D eigenvalue weighted by atomic mass is 10.3. The van der Waals surface area contributed by atoms with Gasteiger partial charge in [0.2, 0.25) is 5.91 Å². The monoisotopic (exact) mass is 325 g/mol. The van der Waals surface area contributed by atoms with Crippen LogP contribution in [0.3, 0.4) is 0 Å². The van der Waals surface area contributed by atoms with E-state index in [0.29, 0.717) is 11.6 Å². The van der Waals surface area contributed by atoms with Gasteiger partial charge in [0.25, 0.3) is 0 Å². The Hall–Kier alpha value is -0.520. The number of piperazine rings is 1. The zero-order valence-electron chi connectivity index (χ0n) is 10.4. The third kappa shape index (κ3) is 6.45. The number of nitrogens with zero attached hydrogens (tertiary/aromatic N) is 1. The average molecular weight is 327 g/mol. The number of hydrogen-bond acceptors (Lipinski definition) is 3. The van der Waals surface area contributed by atoms with E-state index in [1.54, 1.807) is 24.3 Å². The van der Waals surface area contributed by atoms with E-state index in [-0.39, 0.29) is 30.7 Å². The third-order valence-corrected chi connectivity index (χ3v) is 2.96. The van der Waals surface area contributed by atoms with Crippen molar-refractivity contribution in [1.82, 2.24) is 10.2 Å². The Morgan fingerprint density at radius 3 is 2.37 bits per heavy atom. The van der Waals surface area contributed by atoms with Crippen molar-refractivity contribution < 1.29 is 4.79 Å². The molecule has 108 valence electrons. The molecule has 2 N–H and O–H groups in total. The second kappa shape index (κ2) is 9.39. The molecule has 0 bridgehead atoms. The molecule has 1 aromatic rings. The lowest BCUT2D eigenvalue weighted by molar-refractivity contribution is -0.117. The van der Waals surface area contributed by atoms with Crippen LogP contribution in [-0.4, -0.2) is 43.5 Å². The summed E-state index contributed by atoms with van der Waals surface area (Å²) < 4.78 is 0. The van der Waals surface area contributed by atoms with Gasteiger partial charge in [0.15, 0.2) is 0 Å². The van der Waals surface area contributed by atoms with Crippen molar-refractivity contribution in [2.75, 3.05) is 38.0 Å². The predicted octanol–water partition coefficient (Wildman–Crippen LogP) is 2.03. The van der Waals surface area contributed by atoms with Crippen molar-refractivity contribution in [1.29, 1.82) is 0 Å². The van der Waals surface area contributed by atoms with Gasteiger partial charge in [-0.15, -0.1) is 24.8 Å². The molecule has 19 heavy (non-hydrogen) atoms. The maximum absolute atomic E-state index is 11.8. The molecule has 4 nitrogen and oxygen atoms in total. The second-order valence-electron chi connectivity index (χ2n) is 4.08. The van der Waals surface area contributed by atoms with Crippen LogP contribution < -0.4 is 10.6 Å². The van der Waals surface area contributed by atoms with Crippen molar-refractivity contribution >= 4 is 48.0 Å². The van der Waals surface area contributed by atoms with E-state index in [0.717, 1.165) is 31.9 Å². The van der Waals surface area contributed by atoms with Gasteiger partial charge in [0.1, 0.15) is 0 Å². The number of benzene rings is 1. The molecule has 1 fully saturated rings. The Labute approximate surface area is 130 Å². The molecule has 1 aliphatic rings. The molecule has 0 unspecified atom stereocenters. The van der Waals surface area contributed by atoms with Crippen LogP contribution in [-0.2, 0) is 4.79 Å². The lowest BCUT2D eigenvalue weighted by Gasteiger charge is -2.26. The fourth-order valence-electron chi connectivity index (χ4n) is 1.81. The normalized spacial score (nSPS) is 15.0. The first-order chi connectivity index (χ1) is 8.24. The summed E-state index contributed by atoms with van der Waals surface area (Å²) in [5.74, 6) is 0.0224. The van der Waals surface area contributed by atoms with Gasteiger partial charge in [-0.25, -0.2) is 0 Å². The summed E-state index contributed by atoms with van der Waals surface area (Å²) in [6.45, 7) is 4.20. The highest BCUT2D eigenvalue weighted by Gasteiger charge is 2.13. The average Bonchev–Trinajstić information content (AvgIpc) is 2.33. The summed E-state index contributed by atoms with van der Waals surface area (Å²) in [7, 11) is 0. The minimum absolute atomic E-state index is 0. The number of hydrogen-bond donors (Lipinski definition) is 2. The summed E-state index contributed by atoms with van der Waals surface area (Å²) in [4.78, 5) is 13.9. The van der Waals surface area contributed by atoms with Crippen LogP contribution in [0.15, 0.2) is 24.3 Å². The quantitative estimate of drug-likeness (QED) is 0.893. The highest BCUT2D eigenvalue weighted by Crippen LogP contribution is 2.13. The highest BCUT2D eigenvalue weighted by molar-refractivity contribution is 6.30. The van der Waals surface area contributed by atoms with E-state index < -0.39 is 0 Å². The Balaban J connectivity index is 0.00000162. The summed E-state index contributed by atoms with van der Waals surface area (Å²) >= 11 is 5.78. The van der Waals surface area contributed by atoms with Gasteiger partial charge in [-0.2, -0.15) is 0 Å². The molecule has 1 saturated heterocycles. The lowest BCUT2D eigenvalue weighted by Crippen LogP contribution is -2.46. The molecule has 0 radical (unpaired) electrons. The van der Waals surface area contributed by atoms with Crippen molar-refractivity contribution in [2.45, 2.75) is 0 Å². The first-order valence-electron chi connectivity index (χ1n) is 5.72. The maximum Gasteiger partial charge on any atom is 0.238 e. The topological polar surface area (TPSA) is 44.4 Å². The molecule has 2 rings (SSSR count). The van der Waals surface area contributed by atoms with Crippen LogP contribution in [0, 0.1) is 0 Å². The zero-order chi connectivity index (χ0) is 12.1. The Kier molecular flexibility index (Phi) is 9.14. The van der Waals surface area contributed by atoms with Crippen molar-refractivity contribution in [2.24, 2.45) is 0 Å². The minimum Gasteiger partial charge on any atom is -0.325 e. The molecule has 0 aromatic heterocycles. The minimum atomic E-state index is 0. The van der Waals surface area contributed by atoms with E-state index in [2.05, 4.69) is 15.5 Å². The van der Waals surface area contributed by atoms with Gasteiger partial charge in [-0.1, -0.05) is 11.6 Å². The summed E-state index contributed by atoms with van der Waals surface area (Å²) in [6.07, 6.45) is 0. The molecule has 0 spiro atoms. The molecule has 1 amide bonds. The van der Waals surface area contributed by atoms with Crippen LogP contribution >= 0.6 is 36.4 Å². The first kappa shape index (κ1) is 18.5. The van der Waals surface area contributed by atoms with Gasteiger partial charge >= 0.3 is 0 Å². The number of carbonyl (C=O) groups is 1. The standard InChI is InChI=1S/C12H16ClN3O.2ClH/c13-10-1-3-11(4-2-10)15-12(17)9-16-7-5-14-6-8-16;;/h1-4,14H,5-9H2,(H,15,17);2*1H. The number of rotatable bonds is 3. The van der Waals surface area contributed by atoms with E-state index >= 15 is 0 Å². The number of anilines is 1. The largest absolute Gasteiger partial charge is 0.325 e. The van der Waals surface area contributed by atoms with Crippen LogP contribution in [0.25, 0.3) is 0 Å². The van der Waals surface area contributed by atoms with E-state index in [9.17, 15) is 4.79 Å². The maximum atomic E-state index is 11.8. The molecule has 1 aliphatic heterocycles. The van der Waals surface area contributed by atoms with Crippen molar-refractivity contribution in [3.8, 4) is 0 Å². The molecule has 1 heterocycles. The molecule has 7 heteroatoms. The number of nitrogens with one attached hydrogen (secondary N) is 2. The van der Waals surface area contributed by atoms with Crippen LogP contribution in [0.1, 0.15) is 0 Å². The summed E-state index contributed by atoms with van der Waals surface area (Å²) in [5, 5.41) is 6.78. The fourth-order valence-corrected chi connectivity index (χ4v) is 1.93. The summed E-state index contributed by atoms with van der Waals surface area (Å²) in [5.41, 5.74) is 0.787. The van der Waals surface area contributed by atoms with Crippen LogP contribution in [0.2, 0.25) is 5.02 Å². The Morgan fingerprint density at radius 2 is 1.79 bits per heavy atom. The smallest absolute Gasteiger partial charge is 0.238 e. The van der Waals surface area contributed by atoms with Gasteiger partial charge < -0.3 is 10.6 Å². The first-order valence-corrected chi connectivity index (χ1v) is 6.10. The molecular formula is C12H18Cl3N3O. The van der Waals surface area contributed by atoms with Gasteiger partial charge in [-0.3, -0.25) is 9.69 Å².